The van der Waals surface area contributed by atoms with E-state index in [4.69, 9.17) is 5.11 Å². The van der Waals surface area contributed by atoms with Crippen LogP contribution in [0, 0.1) is 0 Å². The molecule has 0 aliphatic carbocycles. The summed E-state index contributed by atoms with van der Waals surface area (Å²) in [7, 11) is 0. The quantitative estimate of drug-likeness (QED) is 0.743. The van der Waals surface area contributed by atoms with Gasteiger partial charge in [0.15, 0.2) is 5.69 Å². The van der Waals surface area contributed by atoms with Crippen molar-refractivity contribution in [3.05, 3.63) is 18.1 Å². The van der Waals surface area contributed by atoms with Gasteiger partial charge in [0, 0.05) is 13.1 Å². The van der Waals surface area contributed by atoms with Crippen molar-refractivity contribution in [3.8, 4) is 0 Å². The third-order valence-electron chi connectivity index (χ3n) is 3.36. The summed E-state index contributed by atoms with van der Waals surface area (Å²) < 4.78 is 0. The third-order valence-corrected chi connectivity index (χ3v) is 3.36. The lowest BCUT2D eigenvalue weighted by Gasteiger charge is -2.24. The molecule has 6 nitrogen and oxygen atoms in total. The summed E-state index contributed by atoms with van der Waals surface area (Å²) in [4.78, 5) is 23.3. The molecule has 0 aliphatic heterocycles. The molecule has 1 aromatic heterocycles. The Morgan fingerprint density at radius 3 is 2.25 bits per heavy atom. The molecule has 0 amide bonds. The zero-order chi connectivity index (χ0) is 15.0. The molecule has 0 bridgehead atoms. The highest BCUT2D eigenvalue weighted by Crippen LogP contribution is 2.09. The first-order valence-corrected chi connectivity index (χ1v) is 7.14. The molecular formula is C14H24N4O2. The number of hydrogen-bond acceptors (Lipinski definition) is 5. The van der Waals surface area contributed by atoms with Crippen molar-refractivity contribution in [1.29, 1.82) is 0 Å². The fourth-order valence-corrected chi connectivity index (χ4v) is 2.05. The smallest absolute Gasteiger partial charge is 0.356 e. The topological polar surface area (TPSA) is 69.6 Å². The van der Waals surface area contributed by atoms with Crippen LogP contribution >= 0.6 is 0 Å². The first-order chi connectivity index (χ1) is 9.62. The van der Waals surface area contributed by atoms with Gasteiger partial charge in [-0.3, -0.25) is 0 Å². The fourth-order valence-electron chi connectivity index (χ4n) is 2.05. The van der Waals surface area contributed by atoms with Crippen LogP contribution in [0.2, 0.25) is 0 Å². The summed E-state index contributed by atoms with van der Waals surface area (Å²) in [5, 5.41) is 8.81. The molecule has 0 unspecified atom stereocenters. The van der Waals surface area contributed by atoms with E-state index in [9.17, 15) is 4.79 Å². The SMILES string of the molecule is CCN(CC)CCCN(CC)c1cnc(C(=O)O)cn1. The molecule has 112 valence electrons. The van der Waals surface area contributed by atoms with Gasteiger partial charge in [0.25, 0.3) is 0 Å². The maximum atomic E-state index is 10.7. The van der Waals surface area contributed by atoms with Gasteiger partial charge in [-0.25, -0.2) is 14.8 Å². The number of rotatable bonds is 9. The van der Waals surface area contributed by atoms with Crippen LogP contribution in [0.1, 0.15) is 37.7 Å². The van der Waals surface area contributed by atoms with Crippen molar-refractivity contribution in [1.82, 2.24) is 14.9 Å². The number of aromatic nitrogens is 2. The second kappa shape index (κ2) is 8.47. The summed E-state index contributed by atoms with van der Waals surface area (Å²) in [6.45, 7) is 11.3. The van der Waals surface area contributed by atoms with Gasteiger partial charge in [-0.2, -0.15) is 0 Å². The molecule has 1 heterocycles. The Morgan fingerprint density at radius 2 is 1.80 bits per heavy atom. The van der Waals surface area contributed by atoms with E-state index in [0.717, 1.165) is 45.0 Å². The van der Waals surface area contributed by atoms with Crippen LogP contribution < -0.4 is 4.90 Å². The predicted molar refractivity (Wildman–Crippen MR) is 79.3 cm³/mol. The molecule has 0 spiro atoms. The van der Waals surface area contributed by atoms with Gasteiger partial charge in [0.05, 0.1) is 12.4 Å². The van der Waals surface area contributed by atoms with Crippen molar-refractivity contribution < 1.29 is 9.90 Å². The molecular weight excluding hydrogens is 256 g/mol. The first kappa shape index (κ1) is 16.4. The standard InChI is InChI=1S/C14H24N4O2/c1-4-17(5-2)8-7-9-18(6-3)13-11-15-12(10-16-13)14(19)20/h10-11H,4-9H2,1-3H3,(H,19,20). The van der Waals surface area contributed by atoms with Crippen LogP contribution in [0.4, 0.5) is 5.82 Å². The van der Waals surface area contributed by atoms with E-state index < -0.39 is 5.97 Å². The predicted octanol–water partition coefficient (Wildman–Crippen LogP) is 1.73. The number of carbonyl (C=O) groups is 1. The third kappa shape index (κ3) is 4.77. The molecule has 1 N–H and O–H groups in total. The zero-order valence-corrected chi connectivity index (χ0v) is 12.5. The second-order valence-corrected chi connectivity index (χ2v) is 4.53. The van der Waals surface area contributed by atoms with E-state index in [1.54, 1.807) is 0 Å². The van der Waals surface area contributed by atoms with Gasteiger partial charge < -0.3 is 14.9 Å². The van der Waals surface area contributed by atoms with Crippen LogP contribution in [0.5, 0.6) is 0 Å². The lowest BCUT2D eigenvalue weighted by molar-refractivity contribution is 0.0690. The van der Waals surface area contributed by atoms with Gasteiger partial charge in [0.2, 0.25) is 0 Å². The molecule has 20 heavy (non-hydrogen) atoms. The number of carboxylic acids is 1. The number of nitrogens with zero attached hydrogens (tertiary/aromatic N) is 4. The van der Waals surface area contributed by atoms with Crippen molar-refractivity contribution in [3.63, 3.8) is 0 Å². The minimum Gasteiger partial charge on any atom is -0.476 e. The summed E-state index contributed by atoms with van der Waals surface area (Å²) in [6, 6.07) is 0. The molecule has 0 aromatic carbocycles. The summed E-state index contributed by atoms with van der Waals surface area (Å²) in [5.74, 6) is -0.314. The summed E-state index contributed by atoms with van der Waals surface area (Å²) >= 11 is 0. The molecule has 1 aromatic rings. The van der Waals surface area contributed by atoms with Crippen LogP contribution in [-0.4, -0.2) is 58.7 Å². The minimum atomic E-state index is -1.05. The van der Waals surface area contributed by atoms with E-state index >= 15 is 0 Å². The van der Waals surface area contributed by atoms with E-state index in [2.05, 4.69) is 40.5 Å². The Balaban J connectivity index is 2.55. The van der Waals surface area contributed by atoms with E-state index in [0.29, 0.717) is 0 Å². The maximum absolute atomic E-state index is 10.7. The molecule has 1 rings (SSSR count). The van der Waals surface area contributed by atoms with Gasteiger partial charge in [-0.15, -0.1) is 0 Å². The average Bonchev–Trinajstić information content (AvgIpc) is 2.48. The Morgan fingerprint density at radius 1 is 1.10 bits per heavy atom. The van der Waals surface area contributed by atoms with Crippen molar-refractivity contribution in [2.45, 2.75) is 27.2 Å². The molecule has 0 radical (unpaired) electrons. The number of anilines is 1. The van der Waals surface area contributed by atoms with Crippen molar-refractivity contribution in [2.24, 2.45) is 0 Å². The monoisotopic (exact) mass is 280 g/mol. The van der Waals surface area contributed by atoms with Crippen molar-refractivity contribution >= 4 is 11.8 Å². The van der Waals surface area contributed by atoms with E-state index in [-0.39, 0.29) is 5.69 Å². The van der Waals surface area contributed by atoms with Gasteiger partial charge in [0.1, 0.15) is 5.82 Å². The highest BCUT2D eigenvalue weighted by atomic mass is 16.4. The Kier molecular flexibility index (Phi) is 6.93. The highest BCUT2D eigenvalue weighted by molar-refractivity contribution is 5.84. The average molecular weight is 280 g/mol. The summed E-state index contributed by atoms with van der Waals surface area (Å²) in [6.07, 6.45) is 3.90. The summed E-state index contributed by atoms with van der Waals surface area (Å²) in [5.41, 5.74) is -0.0204. The van der Waals surface area contributed by atoms with Gasteiger partial charge in [-0.05, 0) is 33.0 Å². The molecule has 0 saturated carbocycles. The number of aromatic carboxylic acids is 1. The Hall–Kier alpha value is -1.69. The van der Waals surface area contributed by atoms with Crippen LogP contribution in [0.3, 0.4) is 0 Å². The lowest BCUT2D eigenvalue weighted by atomic mass is 10.3. The molecule has 0 aliphatic rings. The van der Waals surface area contributed by atoms with E-state index in [1.165, 1.54) is 12.4 Å². The minimum absolute atomic E-state index is 0.0204. The number of hydrogen-bond donors (Lipinski definition) is 1. The largest absolute Gasteiger partial charge is 0.476 e. The first-order valence-electron chi connectivity index (χ1n) is 7.14. The van der Waals surface area contributed by atoms with Crippen molar-refractivity contribution in [2.75, 3.05) is 37.6 Å². The molecule has 0 fully saturated rings. The van der Waals surface area contributed by atoms with Gasteiger partial charge >= 0.3 is 5.97 Å². The lowest BCUT2D eigenvalue weighted by Crippen LogP contribution is -2.30. The van der Waals surface area contributed by atoms with Gasteiger partial charge in [-0.1, -0.05) is 13.8 Å². The van der Waals surface area contributed by atoms with Crippen LogP contribution in [0.25, 0.3) is 0 Å². The Labute approximate surface area is 120 Å². The second-order valence-electron chi connectivity index (χ2n) is 4.53. The highest BCUT2D eigenvalue weighted by Gasteiger charge is 2.09. The maximum Gasteiger partial charge on any atom is 0.356 e. The zero-order valence-electron chi connectivity index (χ0n) is 12.5. The normalized spacial score (nSPS) is 10.8. The molecule has 0 saturated heterocycles. The van der Waals surface area contributed by atoms with E-state index in [1.807, 2.05) is 0 Å². The van der Waals surface area contributed by atoms with Crippen LogP contribution in [-0.2, 0) is 0 Å². The van der Waals surface area contributed by atoms with Crippen LogP contribution in [0.15, 0.2) is 12.4 Å². The number of carboxylic acid groups (broad SMARTS) is 1. The Bertz CT molecular complexity index is 404. The molecule has 6 heteroatoms. The molecule has 0 atom stereocenters. The fraction of sp³-hybridized carbons (Fsp3) is 0.643.